The maximum atomic E-state index is 4.69. The molecule has 5 nitrogen and oxygen atoms in total. The van der Waals surface area contributed by atoms with Gasteiger partial charge in [0.1, 0.15) is 5.82 Å². The summed E-state index contributed by atoms with van der Waals surface area (Å²) in [4.78, 5) is 0. The lowest BCUT2D eigenvalue weighted by molar-refractivity contribution is 0.582. The summed E-state index contributed by atoms with van der Waals surface area (Å²) in [6, 6.07) is 10.7. The Kier molecular flexibility index (Phi) is 3.99. The van der Waals surface area contributed by atoms with E-state index in [1.54, 1.807) is 0 Å². The van der Waals surface area contributed by atoms with E-state index in [0.29, 0.717) is 0 Å². The van der Waals surface area contributed by atoms with Gasteiger partial charge in [-0.25, -0.2) is 4.68 Å². The summed E-state index contributed by atoms with van der Waals surface area (Å²) in [6.07, 6.45) is 5.28. The molecule has 1 aromatic carbocycles. The van der Waals surface area contributed by atoms with Crippen LogP contribution in [0, 0.1) is 20.8 Å². The van der Waals surface area contributed by atoms with Crippen LogP contribution in [0.1, 0.15) is 47.0 Å². The van der Waals surface area contributed by atoms with E-state index in [0.717, 1.165) is 36.5 Å². The number of rotatable bonds is 3. The van der Waals surface area contributed by atoms with Crippen molar-refractivity contribution in [2.45, 2.75) is 46.1 Å². The molecule has 0 radical (unpaired) electrons. The van der Waals surface area contributed by atoms with Gasteiger partial charge in [-0.3, -0.25) is 0 Å². The van der Waals surface area contributed by atoms with Crippen LogP contribution in [0.3, 0.4) is 0 Å². The average molecular weight is 333 g/mol. The first-order chi connectivity index (χ1) is 12.1. The largest absolute Gasteiger partial charge is 0.362 e. The molecule has 3 aromatic rings. The summed E-state index contributed by atoms with van der Waals surface area (Å²) < 4.78 is 2.09. The van der Waals surface area contributed by atoms with E-state index in [2.05, 4.69) is 57.3 Å². The first-order valence-corrected chi connectivity index (χ1v) is 8.83. The molecule has 0 amide bonds. The van der Waals surface area contributed by atoms with Crippen molar-refractivity contribution in [3.63, 3.8) is 0 Å². The van der Waals surface area contributed by atoms with Gasteiger partial charge in [0.25, 0.3) is 0 Å². The van der Waals surface area contributed by atoms with Crippen molar-refractivity contribution < 1.29 is 0 Å². The van der Waals surface area contributed by atoms with Gasteiger partial charge in [-0.05, 0) is 75.4 Å². The minimum Gasteiger partial charge on any atom is -0.362 e. The van der Waals surface area contributed by atoms with E-state index in [1.807, 2.05) is 25.3 Å². The van der Waals surface area contributed by atoms with Crippen molar-refractivity contribution in [3.05, 3.63) is 64.6 Å². The summed E-state index contributed by atoms with van der Waals surface area (Å²) in [6.45, 7) is 6.23. The minimum absolute atomic E-state index is 0.237. The van der Waals surface area contributed by atoms with Crippen molar-refractivity contribution in [2.24, 2.45) is 0 Å². The van der Waals surface area contributed by atoms with Gasteiger partial charge in [0, 0.05) is 11.3 Å². The molecular weight excluding hydrogens is 310 g/mol. The molecule has 1 aliphatic rings. The molecule has 0 saturated heterocycles. The van der Waals surface area contributed by atoms with E-state index >= 15 is 0 Å². The van der Waals surface area contributed by atoms with Crippen molar-refractivity contribution in [2.75, 3.05) is 5.32 Å². The summed E-state index contributed by atoms with van der Waals surface area (Å²) >= 11 is 0. The van der Waals surface area contributed by atoms with Gasteiger partial charge in [-0.2, -0.15) is 10.2 Å². The Morgan fingerprint density at radius 1 is 1.04 bits per heavy atom. The molecule has 25 heavy (non-hydrogen) atoms. The Morgan fingerprint density at radius 2 is 1.92 bits per heavy atom. The Morgan fingerprint density at radius 3 is 2.68 bits per heavy atom. The Hall–Kier alpha value is -2.69. The number of anilines is 1. The van der Waals surface area contributed by atoms with Gasteiger partial charge in [-0.1, -0.05) is 6.07 Å². The molecule has 1 atom stereocenters. The molecule has 0 spiro atoms. The molecule has 1 aliphatic carbocycles. The third-order valence-corrected chi connectivity index (χ3v) is 5.04. The number of hydrogen-bond donors (Lipinski definition) is 1. The fourth-order valence-corrected chi connectivity index (χ4v) is 3.44. The Balaban J connectivity index is 1.65. The molecule has 1 N–H and O–H groups in total. The monoisotopic (exact) mass is 333 g/mol. The van der Waals surface area contributed by atoms with Crippen molar-refractivity contribution in [1.82, 2.24) is 20.0 Å². The topological polar surface area (TPSA) is 55.6 Å². The van der Waals surface area contributed by atoms with Gasteiger partial charge < -0.3 is 5.32 Å². The lowest BCUT2D eigenvalue weighted by atomic mass is 9.93. The number of hydrogen-bond acceptors (Lipinski definition) is 4. The van der Waals surface area contributed by atoms with Crippen LogP contribution in [-0.4, -0.2) is 20.0 Å². The van der Waals surface area contributed by atoms with Crippen molar-refractivity contribution in [3.8, 4) is 5.69 Å². The van der Waals surface area contributed by atoms with Crippen LogP contribution in [0.5, 0.6) is 0 Å². The van der Waals surface area contributed by atoms with E-state index in [4.69, 9.17) is 0 Å². The van der Waals surface area contributed by atoms with E-state index in [9.17, 15) is 0 Å². The van der Waals surface area contributed by atoms with Crippen LogP contribution < -0.4 is 5.32 Å². The van der Waals surface area contributed by atoms with E-state index in [1.165, 1.54) is 22.4 Å². The maximum Gasteiger partial charge on any atom is 0.149 e. The first kappa shape index (κ1) is 15.8. The number of aromatic nitrogens is 4. The molecule has 0 saturated carbocycles. The van der Waals surface area contributed by atoms with Gasteiger partial charge in [0.05, 0.1) is 23.6 Å². The lowest BCUT2D eigenvalue weighted by Crippen LogP contribution is -2.19. The minimum atomic E-state index is 0.237. The lowest BCUT2D eigenvalue weighted by Gasteiger charge is -2.24. The SMILES string of the molecule is Cc1ccc(NC2CCCc3c2cnn3-c2ccc(C)c(C)c2)nn1. The first-order valence-electron chi connectivity index (χ1n) is 8.83. The number of fused-ring (bicyclic) bond motifs is 1. The maximum absolute atomic E-state index is 4.69. The molecule has 5 heteroatoms. The fourth-order valence-electron chi connectivity index (χ4n) is 3.44. The number of nitrogens with one attached hydrogen (secondary N) is 1. The zero-order valence-electron chi connectivity index (χ0n) is 15.0. The average Bonchev–Trinajstić information content (AvgIpc) is 3.04. The van der Waals surface area contributed by atoms with E-state index in [-0.39, 0.29) is 6.04 Å². The second-order valence-electron chi connectivity index (χ2n) is 6.88. The second kappa shape index (κ2) is 6.31. The van der Waals surface area contributed by atoms with Crippen molar-refractivity contribution in [1.29, 1.82) is 0 Å². The smallest absolute Gasteiger partial charge is 0.149 e. The highest BCUT2D eigenvalue weighted by atomic mass is 15.3. The Bertz CT molecular complexity index is 895. The summed E-state index contributed by atoms with van der Waals surface area (Å²) in [5, 5.41) is 16.6. The van der Waals surface area contributed by atoms with Crippen LogP contribution >= 0.6 is 0 Å². The van der Waals surface area contributed by atoms with Crippen LogP contribution in [-0.2, 0) is 6.42 Å². The molecule has 1 unspecified atom stereocenters. The number of nitrogens with zero attached hydrogens (tertiary/aromatic N) is 4. The quantitative estimate of drug-likeness (QED) is 0.785. The third kappa shape index (κ3) is 3.02. The van der Waals surface area contributed by atoms with Crippen LogP contribution in [0.15, 0.2) is 36.5 Å². The molecular formula is C20H23N5. The molecule has 4 rings (SSSR count). The van der Waals surface area contributed by atoms with Crippen LogP contribution in [0.4, 0.5) is 5.82 Å². The zero-order valence-corrected chi connectivity index (χ0v) is 15.0. The second-order valence-corrected chi connectivity index (χ2v) is 6.88. The summed E-state index contributed by atoms with van der Waals surface area (Å²) in [5.74, 6) is 0.822. The number of benzene rings is 1. The molecule has 0 fully saturated rings. The van der Waals surface area contributed by atoms with Gasteiger partial charge in [0.2, 0.25) is 0 Å². The molecule has 0 bridgehead atoms. The number of aryl methyl sites for hydroxylation is 3. The molecule has 128 valence electrons. The van der Waals surface area contributed by atoms with E-state index < -0.39 is 0 Å². The van der Waals surface area contributed by atoms with Crippen LogP contribution in [0.2, 0.25) is 0 Å². The highest BCUT2D eigenvalue weighted by Gasteiger charge is 2.25. The third-order valence-electron chi connectivity index (χ3n) is 5.04. The van der Waals surface area contributed by atoms with Gasteiger partial charge in [-0.15, -0.1) is 5.10 Å². The van der Waals surface area contributed by atoms with Gasteiger partial charge >= 0.3 is 0 Å². The normalized spacial score (nSPS) is 16.5. The van der Waals surface area contributed by atoms with Crippen molar-refractivity contribution >= 4 is 5.82 Å². The molecule has 2 aromatic heterocycles. The summed E-state index contributed by atoms with van der Waals surface area (Å²) in [5.41, 5.74) is 7.24. The Labute approximate surface area is 148 Å². The molecule has 0 aliphatic heterocycles. The highest BCUT2D eigenvalue weighted by molar-refractivity contribution is 5.44. The predicted molar refractivity (Wildman–Crippen MR) is 99.1 cm³/mol. The highest BCUT2D eigenvalue weighted by Crippen LogP contribution is 2.33. The van der Waals surface area contributed by atoms with Gasteiger partial charge in [0.15, 0.2) is 0 Å². The summed E-state index contributed by atoms with van der Waals surface area (Å²) in [7, 11) is 0. The predicted octanol–water partition coefficient (Wildman–Crippen LogP) is 4.08. The standard InChI is InChI=1S/C20H23N5/c1-13-7-9-16(11-14(13)2)25-19-6-4-5-18(17(19)12-21-25)22-20-10-8-15(3)23-24-20/h7-12,18H,4-6H2,1-3H3,(H,22,24). The zero-order chi connectivity index (χ0) is 17.4. The van der Waals surface area contributed by atoms with Crippen LogP contribution in [0.25, 0.3) is 5.69 Å². The molecule has 2 heterocycles. The fraction of sp³-hybridized carbons (Fsp3) is 0.350.